The molecule has 2 saturated heterocycles. The van der Waals surface area contributed by atoms with Crippen molar-refractivity contribution in [1.29, 1.82) is 0 Å². The Morgan fingerprint density at radius 1 is 1.33 bits per heavy atom. The molecule has 1 aromatic rings. The van der Waals surface area contributed by atoms with Crippen LogP contribution in [0.15, 0.2) is 18.2 Å². The second kappa shape index (κ2) is 8.53. The molecule has 1 aromatic heterocycles. The van der Waals surface area contributed by atoms with E-state index in [0.29, 0.717) is 32.2 Å². The predicted octanol–water partition coefficient (Wildman–Crippen LogP) is 1.97. The fraction of sp³-hybridized carbons (Fsp3) is 0.737. The Morgan fingerprint density at radius 3 is 2.74 bits per heavy atom. The molecule has 1 atom stereocenters. The number of rotatable bonds is 7. The second-order valence-electron chi connectivity index (χ2n) is 7.70. The van der Waals surface area contributed by atoms with Crippen LogP contribution in [0, 0.1) is 12.8 Å². The summed E-state index contributed by atoms with van der Waals surface area (Å²) in [5, 5.41) is 0. The molecule has 0 N–H and O–H groups in total. The molecular weight excluding hydrogens is 366 g/mol. The average molecular weight is 398 g/mol. The summed E-state index contributed by atoms with van der Waals surface area (Å²) in [5.41, 5.74) is 1.76. The van der Waals surface area contributed by atoms with Crippen molar-refractivity contribution in [1.82, 2.24) is 13.6 Å². The van der Waals surface area contributed by atoms with Crippen molar-refractivity contribution < 1.29 is 17.9 Å². The number of aryl methyl sites for hydroxylation is 1. The molecule has 2 aliphatic rings. The van der Waals surface area contributed by atoms with Crippen molar-refractivity contribution in [3.8, 4) is 0 Å². The molecule has 0 saturated carbocycles. The highest BCUT2D eigenvalue weighted by molar-refractivity contribution is 7.86. The normalized spacial score (nSPS) is 23.3. The SMILES string of the molecule is Cc1cccc(COCC[C@@H]2CCOC23CCN(S(=O)(=O)N(C)C)CC3)n1. The molecule has 0 amide bonds. The van der Waals surface area contributed by atoms with Crippen LogP contribution in [0.4, 0.5) is 0 Å². The fourth-order valence-corrected chi connectivity index (χ4v) is 5.26. The van der Waals surface area contributed by atoms with Gasteiger partial charge >= 0.3 is 0 Å². The van der Waals surface area contributed by atoms with E-state index in [0.717, 1.165) is 43.7 Å². The molecule has 2 aliphatic heterocycles. The van der Waals surface area contributed by atoms with Crippen molar-refractivity contribution in [3.05, 3.63) is 29.6 Å². The number of piperidine rings is 1. The number of aromatic nitrogens is 1. The third kappa shape index (κ3) is 4.68. The number of hydrogen-bond acceptors (Lipinski definition) is 5. The molecule has 3 heterocycles. The van der Waals surface area contributed by atoms with Crippen LogP contribution in [0.25, 0.3) is 0 Å². The highest BCUT2D eigenvalue weighted by Crippen LogP contribution is 2.42. The molecule has 0 aliphatic carbocycles. The molecule has 2 fully saturated rings. The van der Waals surface area contributed by atoms with Gasteiger partial charge in [0, 0.05) is 46.1 Å². The summed E-state index contributed by atoms with van der Waals surface area (Å²) >= 11 is 0. The topological polar surface area (TPSA) is 72.0 Å². The Morgan fingerprint density at radius 2 is 2.07 bits per heavy atom. The molecule has 1 spiro atoms. The summed E-state index contributed by atoms with van der Waals surface area (Å²) in [5.74, 6) is 0.423. The summed E-state index contributed by atoms with van der Waals surface area (Å²) < 4.78 is 39.5. The maximum Gasteiger partial charge on any atom is 0.281 e. The molecule has 7 nitrogen and oxygen atoms in total. The smallest absolute Gasteiger partial charge is 0.281 e. The average Bonchev–Trinajstić information content (AvgIpc) is 3.01. The third-order valence-corrected chi connectivity index (χ3v) is 7.70. The van der Waals surface area contributed by atoms with E-state index in [1.165, 1.54) is 4.31 Å². The summed E-state index contributed by atoms with van der Waals surface area (Å²) in [6.45, 7) is 4.97. The highest BCUT2D eigenvalue weighted by Gasteiger charge is 2.47. The first kappa shape index (κ1) is 20.7. The zero-order valence-corrected chi connectivity index (χ0v) is 17.4. The summed E-state index contributed by atoms with van der Waals surface area (Å²) in [6, 6.07) is 5.95. The molecule has 8 heteroatoms. The van der Waals surface area contributed by atoms with E-state index in [-0.39, 0.29) is 5.60 Å². The van der Waals surface area contributed by atoms with Crippen molar-refractivity contribution in [2.75, 3.05) is 40.4 Å². The Kier molecular flexibility index (Phi) is 6.53. The molecule has 0 unspecified atom stereocenters. The number of nitrogens with zero attached hydrogens (tertiary/aromatic N) is 3. The Bertz CT molecular complexity index is 730. The minimum absolute atomic E-state index is 0.191. The number of ether oxygens (including phenoxy) is 2. The Labute approximate surface area is 162 Å². The summed E-state index contributed by atoms with van der Waals surface area (Å²) in [6.07, 6.45) is 3.47. The Hall–Kier alpha value is -1.06. The fourth-order valence-electron chi connectivity index (χ4n) is 4.15. The number of hydrogen-bond donors (Lipinski definition) is 0. The first-order chi connectivity index (χ1) is 12.8. The molecule has 0 bridgehead atoms. The van der Waals surface area contributed by atoms with Crippen LogP contribution in [0.3, 0.4) is 0 Å². The van der Waals surface area contributed by atoms with Gasteiger partial charge in [-0.15, -0.1) is 0 Å². The van der Waals surface area contributed by atoms with Gasteiger partial charge in [-0.3, -0.25) is 4.98 Å². The standard InChI is InChI=1S/C19H31N3O4S/c1-16-5-4-6-18(20-16)15-25-13-7-17-8-14-26-19(17)9-11-22(12-10-19)27(23,24)21(2)3/h4-6,17H,7-15H2,1-3H3/t17-/m1/s1. The Balaban J connectivity index is 1.49. The zero-order chi connectivity index (χ0) is 19.5. The predicted molar refractivity (Wildman–Crippen MR) is 103 cm³/mol. The van der Waals surface area contributed by atoms with Crippen LogP contribution >= 0.6 is 0 Å². The van der Waals surface area contributed by atoms with Gasteiger partial charge in [-0.25, -0.2) is 0 Å². The maximum absolute atomic E-state index is 12.3. The second-order valence-corrected chi connectivity index (χ2v) is 9.84. The van der Waals surface area contributed by atoms with Crippen molar-refractivity contribution in [3.63, 3.8) is 0 Å². The summed E-state index contributed by atoms with van der Waals surface area (Å²) in [4.78, 5) is 4.46. The zero-order valence-electron chi connectivity index (χ0n) is 16.6. The van der Waals surface area contributed by atoms with E-state index >= 15 is 0 Å². The van der Waals surface area contributed by atoms with E-state index in [9.17, 15) is 8.42 Å². The van der Waals surface area contributed by atoms with E-state index < -0.39 is 10.2 Å². The van der Waals surface area contributed by atoms with E-state index in [1.807, 2.05) is 25.1 Å². The quantitative estimate of drug-likeness (QED) is 0.658. The molecule has 0 aromatic carbocycles. The van der Waals surface area contributed by atoms with Crippen molar-refractivity contribution in [2.45, 2.75) is 44.8 Å². The first-order valence-electron chi connectivity index (χ1n) is 9.65. The minimum atomic E-state index is -3.34. The van der Waals surface area contributed by atoms with Gasteiger partial charge in [0.25, 0.3) is 10.2 Å². The number of pyridine rings is 1. The molecular formula is C19H31N3O4S. The molecule has 0 radical (unpaired) electrons. The van der Waals surface area contributed by atoms with E-state index in [2.05, 4.69) is 4.98 Å². The van der Waals surface area contributed by atoms with E-state index in [4.69, 9.17) is 9.47 Å². The van der Waals surface area contributed by atoms with Crippen molar-refractivity contribution in [2.24, 2.45) is 5.92 Å². The van der Waals surface area contributed by atoms with Crippen molar-refractivity contribution >= 4 is 10.2 Å². The van der Waals surface area contributed by atoms with Crippen LogP contribution in [0.2, 0.25) is 0 Å². The van der Waals surface area contributed by atoms with Gasteiger partial charge in [0.05, 0.1) is 17.9 Å². The van der Waals surface area contributed by atoms with Gasteiger partial charge in [0.1, 0.15) is 0 Å². The lowest BCUT2D eigenvalue weighted by Gasteiger charge is -2.42. The lowest BCUT2D eigenvalue weighted by molar-refractivity contribution is -0.0623. The van der Waals surface area contributed by atoms with Crippen LogP contribution in [0.1, 0.15) is 37.1 Å². The van der Waals surface area contributed by atoms with Gasteiger partial charge < -0.3 is 9.47 Å². The van der Waals surface area contributed by atoms with Gasteiger partial charge in [0.2, 0.25) is 0 Å². The molecule has 3 rings (SSSR count). The van der Waals surface area contributed by atoms with Crippen LogP contribution in [-0.4, -0.2) is 68.0 Å². The van der Waals surface area contributed by atoms with Gasteiger partial charge in [-0.05, 0) is 50.7 Å². The van der Waals surface area contributed by atoms with Gasteiger partial charge in [-0.2, -0.15) is 17.0 Å². The van der Waals surface area contributed by atoms with Gasteiger partial charge in [0.15, 0.2) is 0 Å². The maximum atomic E-state index is 12.3. The van der Waals surface area contributed by atoms with E-state index in [1.54, 1.807) is 18.4 Å². The molecule has 152 valence electrons. The van der Waals surface area contributed by atoms with Gasteiger partial charge in [-0.1, -0.05) is 6.07 Å². The largest absolute Gasteiger partial charge is 0.375 e. The summed E-state index contributed by atoms with van der Waals surface area (Å²) in [7, 11) is -0.183. The first-order valence-corrected chi connectivity index (χ1v) is 11.0. The highest BCUT2D eigenvalue weighted by atomic mass is 32.2. The van der Waals surface area contributed by atoms with Crippen LogP contribution < -0.4 is 0 Å². The van der Waals surface area contributed by atoms with Crippen LogP contribution in [-0.2, 0) is 26.3 Å². The monoisotopic (exact) mass is 397 g/mol. The minimum Gasteiger partial charge on any atom is -0.375 e. The lowest BCUT2D eigenvalue weighted by atomic mass is 9.78. The van der Waals surface area contributed by atoms with Crippen LogP contribution in [0.5, 0.6) is 0 Å². The third-order valence-electron chi connectivity index (χ3n) is 5.76. The molecule has 27 heavy (non-hydrogen) atoms. The lowest BCUT2D eigenvalue weighted by Crippen LogP contribution is -2.51.